The molecule has 0 saturated heterocycles. The fourth-order valence-electron chi connectivity index (χ4n) is 1.40. The van der Waals surface area contributed by atoms with Crippen LogP contribution >= 0.6 is 11.6 Å². The van der Waals surface area contributed by atoms with E-state index in [9.17, 15) is 4.79 Å². The molecule has 0 atom stereocenters. The summed E-state index contributed by atoms with van der Waals surface area (Å²) in [4.78, 5) is 10.6. The SMILES string of the molecule is CC(C)(Cc1ccc(Cl)cc1)OC(N)=O. The van der Waals surface area contributed by atoms with E-state index in [0.29, 0.717) is 11.4 Å². The summed E-state index contributed by atoms with van der Waals surface area (Å²) in [5.41, 5.74) is 5.42. The van der Waals surface area contributed by atoms with Crippen LogP contribution in [0, 0.1) is 0 Å². The third kappa shape index (κ3) is 4.21. The molecule has 1 amide bonds. The van der Waals surface area contributed by atoms with Crippen LogP contribution in [0.1, 0.15) is 19.4 Å². The molecule has 1 aromatic rings. The van der Waals surface area contributed by atoms with E-state index in [1.54, 1.807) is 12.1 Å². The minimum Gasteiger partial charge on any atom is -0.443 e. The molecule has 82 valence electrons. The van der Waals surface area contributed by atoms with Crippen molar-refractivity contribution >= 4 is 17.7 Å². The van der Waals surface area contributed by atoms with Gasteiger partial charge in [0, 0.05) is 11.4 Å². The van der Waals surface area contributed by atoms with Crippen LogP contribution in [0.15, 0.2) is 24.3 Å². The molecule has 0 aliphatic rings. The summed E-state index contributed by atoms with van der Waals surface area (Å²) in [5, 5.41) is 0.687. The minimum atomic E-state index is -0.756. The lowest BCUT2D eigenvalue weighted by molar-refractivity contribution is 0.0460. The Morgan fingerprint density at radius 2 is 1.93 bits per heavy atom. The van der Waals surface area contributed by atoms with Crippen LogP contribution in [-0.2, 0) is 11.2 Å². The van der Waals surface area contributed by atoms with Crippen LogP contribution in [0.4, 0.5) is 4.79 Å². The van der Waals surface area contributed by atoms with Crippen molar-refractivity contribution in [3.63, 3.8) is 0 Å². The van der Waals surface area contributed by atoms with Gasteiger partial charge in [-0.25, -0.2) is 4.79 Å². The molecule has 15 heavy (non-hydrogen) atoms. The Kier molecular flexibility index (Phi) is 3.58. The van der Waals surface area contributed by atoms with Crippen LogP contribution in [0.3, 0.4) is 0 Å². The second-order valence-corrected chi connectivity index (χ2v) is 4.42. The normalized spacial score (nSPS) is 11.1. The Hall–Kier alpha value is -1.22. The lowest BCUT2D eigenvalue weighted by atomic mass is 9.98. The zero-order valence-corrected chi connectivity index (χ0v) is 9.54. The van der Waals surface area contributed by atoms with Crippen LogP contribution in [0.2, 0.25) is 5.02 Å². The summed E-state index contributed by atoms with van der Waals surface area (Å²) in [6.07, 6.45) is -0.151. The number of hydrogen-bond donors (Lipinski definition) is 1. The summed E-state index contributed by atoms with van der Waals surface area (Å²) >= 11 is 5.76. The summed E-state index contributed by atoms with van der Waals surface area (Å²) in [7, 11) is 0. The van der Waals surface area contributed by atoms with E-state index in [0.717, 1.165) is 5.56 Å². The van der Waals surface area contributed by atoms with Gasteiger partial charge in [0.1, 0.15) is 5.60 Å². The topological polar surface area (TPSA) is 52.3 Å². The van der Waals surface area contributed by atoms with E-state index in [2.05, 4.69) is 0 Å². The molecule has 0 saturated carbocycles. The summed E-state index contributed by atoms with van der Waals surface area (Å²) < 4.78 is 4.98. The Bertz CT molecular complexity index is 346. The van der Waals surface area contributed by atoms with Gasteiger partial charge in [0.15, 0.2) is 0 Å². The molecule has 1 rings (SSSR count). The summed E-state index contributed by atoms with van der Waals surface area (Å²) in [5.74, 6) is 0. The molecule has 0 fully saturated rings. The molecule has 3 nitrogen and oxygen atoms in total. The van der Waals surface area contributed by atoms with Crippen molar-refractivity contribution in [3.8, 4) is 0 Å². The van der Waals surface area contributed by atoms with Gasteiger partial charge in [0.25, 0.3) is 0 Å². The fourth-order valence-corrected chi connectivity index (χ4v) is 1.53. The van der Waals surface area contributed by atoms with Gasteiger partial charge in [-0.1, -0.05) is 23.7 Å². The number of hydrogen-bond acceptors (Lipinski definition) is 2. The number of halogens is 1. The number of carbonyl (C=O) groups excluding carboxylic acids is 1. The monoisotopic (exact) mass is 227 g/mol. The predicted molar refractivity (Wildman–Crippen MR) is 59.9 cm³/mol. The number of nitrogens with two attached hydrogens (primary N) is 1. The molecule has 2 N–H and O–H groups in total. The van der Waals surface area contributed by atoms with Crippen molar-refractivity contribution in [2.75, 3.05) is 0 Å². The molecule has 0 aliphatic carbocycles. The maximum Gasteiger partial charge on any atom is 0.405 e. The third-order valence-electron chi connectivity index (χ3n) is 1.92. The molecule has 0 heterocycles. The first kappa shape index (κ1) is 11.9. The highest BCUT2D eigenvalue weighted by molar-refractivity contribution is 6.30. The Balaban J connectivity index is 2.68. The largest absolute Gasteiger partial charge is 0.443 e. The number of ether oxygens (including phenoxy) is 1. The smallest absolute Gasteiger partial charge is 0.405 e. The maximum absolute atomic E-state index is 10.6. The Morgan fingerprint density at radius 1 is 1.40 bits per heavy atom. The number of amides is 1. The first-order chi connectivity index (χ1) is 6.89. The van der Waals surface area contributed by atoms with Crippen molar-refractivity contribution in [1.82, 2.24) is 0 Å². The standard InChI is InChI=1S/C11H14ClNO2/c1-11(2,15-10(13)14)7-8-3-5-9(12)6-4-8/h3-6H,7H2,1-2H3,(H2,13,14). The molecular formula is C11H14ClNO2. The number of rotatable bonds is 3. The van der Waals surface area contributed by atoms with Crippen molar-refractivity contribution in [2.24, 2.45) is 5.73 Å². The highest BCUT2D eigenvalue weighted by Crippen LogP contribution is 2.18. The molecule has 4 heteroatoms. The predicted octanol–water partition coefficient (Wildman–Crippen LogP) is 2.76. The van der Waals surface area contributed by atoms with Crippen LogP contribution in [0.25, 0.3) is 0 Å². The van der Waals surface area contributed by atoms with Crippen molar-refractivity contribution in [3.05, 3.63) is 34.9 Å². The second-order valence-electron chi connectivity index (χ2n) is 3.98. The molecule has 0 unspecified atom stereocenters. The summed E-state index contributed by atoms with van der Waals surface area (Å²) in [6.45, 7) is 3.62. The van der Waals surface area contributed by atoms with Crippen molar-refractivity contribution in [2.45, 2.75) is 25.9 Å². The molecule has 0 aliphatic heterocycles. The molecule has 0 radical (unpaired) electrons. The number of benzene rings is 1. The van der Waals surface area contributed by atoms with E-state index in [1.165, 1.54) is 0 Å². The van der Waals surface area contributed by atoms with Crippen LogP contribution in [0.5, 0.6) is 0 Å². The van der Waals surface area contributed by atoms with Crippen molar-refractivity contribution in [1.29, 1.82) is 0 Å². The zero-order valence-electron chi connectivity index (χ0n) is 8.79. The fraction of sp³-hybridized carbons (Fsp3) is 0.364. The molecule has 0 aromatic heterocycles. The number of primary amides is 1. The van der Waals surface area contributed by atoms with Gasteiger partial charge in [-0.3, -0.25) is 0 Å². The van der Waals surface area contributed by atoms with Gasteiger partial charge in [-0.05, 0) is 31.5 Å². The lowest BCUT2D eigenvalue weighted by Gasteiger charge is -2.23. The quantitative estimate of drug-likeness (QED) is 0.863. The van der Waals surface area contributed by atoms with Gasteiger partial charge >= 0.3 is 6.09 Å². The Labute approximate surface area is 94.2 Å². The van der Waals surface area contributed by atoms with Gasteiger partial charge in [-0.15, -0.1) is 0 Å². The molecule has 0 bridgehead atoms. The first-order valence-corrected chi connectivity index (χ1v) is 5.00. The highest BCUT2D eigenvalue weighted by Gasteiger charge is 2.21. The summed E-state index contributed by atoms with van der Waals surface area (Å²) in [6, 6.07) is 7.40. The van der Waals surface area contributed by atoms with E-state index in [1.807, 2.05) is 26.0 Å². The minimum absolute atomic E-state index is 0.598. The number of carbonyl (C=O) groups is 1. The first-order valence-electron chi connectivity index (χ1n) is 4.62. The van der Waals surface area contributed by atoms with E-state index in [4.69, 9.17) is 22.1 Å². The van der Waals surface area contributed by atoms with Gasteiger partial charge in [0.2, 0.25) is 0 Å². The second kappa shape index (κ2) is 4.53. The van der Waals surface area contributed by atoms with Gasteiger partial charge in [-0.2, -0.15) is 0 Å². The highest BCUT2D eigenvalue weighted by atomic mass is 35.5. The average Bonchev–Trinajstić information content (AvgIpc) is 2.06. The zero-order chi connectivity index (χ0) is 11.5. The third-order valence-corrected chi connectivity index (χ3v) is 2.17. The van der Waals surface area contributed by atoms with E-state index >= 15 is 0 Å². The van der Waals surface area contributed by atoms with E-state index in [-0.39, 0.29) is 0 Å². The van der Waals surface area contributed by atoms with Crippen LogP contribution in [-0.4, -0.2) is 11.7 Å². The molecule has 0 spiro atoms. The average molecular weight is 228 g/mol. The van der Waals surface area contributed by atoms with Gasteiger partial charge < -0.3 is 10.5 Å². The Morgan fingerprint density at radius 3 is 2.40 bits per heavy atom. The maximum atomic E-state index is 10.6. The van der Waals surface area contributed by atoms with Crippen molar-refractivity contribution < 1.29 is 9.53 Å². The van der Waals surface area contributed by atoms with Crippen LogP contribution < -0.4 is 5.73 Å². The van der Waals surface area contributed by atoms with E-state index < -0.39 is 11.7 Å². The molecule has 1 aromatic carbocycles. The molecular weight excluding hydrogens is 214 g/mol. The lowest BCUT2D eigenvalue weighted by Crippen LogP contribution is -2.33. The van der Waals surface area contributed by atoms with Gasteiger partial charge in [0.05, 0.1) is 0 Å².